The molecule has 1 aromatic heterocycles. The molecule has 2 amide bonds. The van der Waals surface area contributed by atoms with E-state index in [9.17, 15) is 9.59 Å². The van der Waals surface area contributed by atoms with Crippen LogP contribution in [0.25, 0.3) is 0 Å². The third kappa shape index (κ3) is 4.52. The maximum Gasteiger partial charge on any atom is 0.269 e. The highest BCUT2D eigenvalue weighted by molar-refractivity contribution is 9.10. The Morgan fingerprint density at radius 3 is 2.61 bits per heavy atom. The van der Waals surface area contributed by atoms with Gasteiger partial charge in [-0.2, -0.15) is 5.10 Å². The van der Waals surface area contributed by atoms with Crippen molar-refractivity contribution in [3.05, 3.63) is 75.0 Å². The first-order valence-corrected chi connectivity index (χ1v) is 9.32. The van der Waals surface area contributed by atoms with Gasteiger partial charge in [0.25, 0.3) is 11.8 Å². The number of amides is 2. The highest BCUT2D eigenvalue weighted by Gasteiger charge is 2.16. The number of ether oxygens (including phenoxy) is 1. The number of anilines is 1. The van der Waals surface area contributed by atoms with E-state index in [0.717, 1.165) is 10.0 Å². The molecule has 0 bridgehead atoms. The Bertz CT molecular complexity index is 1030. The maximum atomic E-state index is 12.4. The van der Waals surface area contributed by atoms with Crippen molar-refractivity contribution < 1.29 is 14.3 Å². The van der Waals surface area contributed by atoms with Crippen molar-refractivity contribution in [1.82, 2.24) is 9.78 Å². The summed E-state index contributed by atoms with van der Waals surface area (Å²) >= 11 is 9.47. The number of nitrogens with one attached hydrogen (secondary N) is 1. The lowest BCUT2D eigenvalue weighted by Gasteiger charge is -2.09. The second kappa shape index (κ2) is 8.45. The Hall–Kier alpha value is -2.84. The molecule has 0 atom stereocenters. The number of carbonyl (C=O) groups is 2. The zero-order valence-electron chi connectivity index (χ0n) is 14.8. The Labute approximate surface area is 174 Å². The third-order valence-corrected chi connectivity index (χ3v) is 4.71. The number of primary amides is 1. The van der Waals surface area contributed by atoms with Gasteiger partial charge in [-0.05, 0) is 35.9 Å². The SMILES string of the molecule is Cn1ncc(NC(=O)c2ccc(COc3ccc(Br)cc3Cl)cc2)c1C(N)=O. The Morgan fingerprint density at radius 1 is 1.25 bits per heavy atom. The van der Waals surface area contributed by atoms with E-state index in [1.165, 1.54) is 10.9 Å². The predicted octanol–water partition coefficient (Wildman–Crippen LogP) is 3.77. The summed E-state index contributed by atoms with van der Waals surface area (Å²) in [5, 5.41) is 7.08. The molecule has 0 aliphatic carbocycles. The van der Waals surface area contributed by atoms with E-state index >= 15 is 0 Å². The van der Waals surface area contributed by atoms with Crippen molar-refractivity contribution >= 4 is 45.0 Å². The number of nitrogens with two attached hydrogens (primary N) is 1. The van der Waals surface area contributed by atoms with Gasteiger partial charge in [0.2, 0.25) is 0 Å². The van der Waals surface area contributed by atoms with Gasteiger partial charge in [0, 0.05) is 17.1 Å². The van der Waals surface area contributed by atoms with Gasteiger partial charge in [-0.25, -0.2) is 0 Å². The molecule has 0 saturated heterocycles. The summed E-state index contributed by atoms with van der Waals surface area (Å²) < 4.78 is 7.88. The largest absolute Gasteiger partial charge is 0.487 e. The molecule has 0 unspecified atom stereocenters. The zero-order chi connectivity index (χ0) is 20.3. The molecule has 0 saturated carbocycles. The highest BCUT2D eigenvalue weighted by Crippen LogP contribution is 2.28. The molecule has 3 N–H and O–H groups in total. The summed E-state index contributed by atoms with van der Waals surface area (Å²) in [6.45, 7) is 0.303. The van der Waals surface area contributed by atoms with E-state index in [1.807, 2.05) is 6.07 Å². The number of benzene rings is 2. The maximum absolute atomic E-state index is 12.4. The smallest absolute Gasteiger partial charge is 0.269 e. The van der Waals surface area contributed by atoms with Crippen molar-refractivity contribution in [3.8, 4) is 5.75 Å². The number of hydrogen-bond donors (Lipinski definition) is 2. The molecule has 28 heavy (non-hydrogen) atoms. The molecule has 9 heteroatoms. The van der Waals surface area contributed by atoms with Crippen LogP contribution >= 0.6 is 27.5 Å². The number of carbonyl (C=O) groups excluding carboxylic acids is 2. The Balaban J connectivity index is 1.65. The topological polar surface area (TPSA) is 99.2 Å². The number of nitrogens with zero attached hydrogens (tertiary/aromatic N) is 2. The van der Waals surface area contributed by atoms with E-state index < -0.39 is 5.91 Å². The molecule has 0 fully saturated rings. The van der Waals surface area contributed by atoms with Crippen LogP contribution in [0.4, 0.5) is 5.69 Å². The van der Waals surface area contributed by atoms with Crippen LogP contribution in [-0.4, -0.2) is 21.6 Å². The molecule has 0 spiro atoms. The zero-order valence-corrected chi connectivity index (χ0v) is 17.1. The average molecular weight is 464 g/mol. The number of halogens is 2. The summed E-state index contributed by atoms with van der Waals surface area (Å²) in [5.41, 5.74) is 7.00. The van der Waals surface area contributed by atoms with E-state index in [1.54, 1.807) is 43.4 Å². The van der Waals surface area contributed by atoms with Gasteiger partial charge < -0.3 is 15.8 Å². The first-order chi connectivity index (χ1) is 13.3. The summed E-state index contributed by atoms with van der Waals surface area (Å²) in [6, 6.07) is 12.3. The minimum atomic E-state index is -0.672. The van der Waals surface area contributed by atoms with Crippen LogP contribution in [-0.2, 0) is 13.7 Å². The van der Waals surface area contributed by atoms with Crippen LogP contribution in [0.5, 0.6) is 5.75 Å². The first-order valence-electron chi connectivity index (χ1n) is 8.15. The van der Waals surface area contributed by atoms with Crippen molar-refractivity contribution in [1.29, 1.82) is 0 Å². The Morgan fingerprint density at radius 2 is 1.96 bits per heavy atom. The summed E-state index contributed by atoms with van der Waals surface area (Å²) in [6.07, 6.45) is 1.38. The number of aromatic nitrogens is 2. The summed E-state index contributed by atoms with van der Waals surface area (Å²) in [7, 11) is 1.57. The molecular formula is C19H16BrClN4O3. The quantitative estimate of drug-likeness (QED) is 0.581. The molecule has 144 valence electrons. The lowest BCUT2D eigenvalue weighted by atomic mass is 10.1. The molecule has 0 aliphatic rings. The van der Waals surface area contributed by atoms with Crippen molar-refractivity contribution in [3.63, 3.8) is 0 Å². The molecule has 2 aromatic carbocycles. The fraction of sp³-hybridized carbons (Fsp3) is 0.105. The van der Waals surface area contributed by atoms with E-state index in [-0.39, 0.29) is 17.3 Å². The molecule has 0 radical (unpaired) electrons. The van der Waals surface area contributed by atoms with Crippen LogP contribution < -0.4 is 15.8 Å². The predicted molar refractivity (Wildman–Crippen MR) is 110 cm³/mol. The molecule has 3 aromatic rings. The minimum absolute atomic E-state index is 0.129. The molecule has 3 rings (SSSR count). The molecule has 1 heterocycles. The van der Waals surface area contributed by atoms with Crippen LogP contribution in [0.1, 0.15) is 26.4 Å². The van der Waals surface area contributed by atoms with Gasteiger partial charge in [0.05, 0.1) is 16.9 Å². The van der Waals surface area contributed by atoms with Gasteiger partial charge in [0.15, 0.2) is 0 Å². The van der Waals surface area contributed by atoms with Crippen LogP contribution in [0.2, 0.25) is 5.02 Å². The lowest BCUT2D eigenvalue weighted by Crippen LogP contribution is -2.20. The van der Waals surface area contributed by atoms with Gasteiger partial charge >= 0.3 is 0 Å². The first kappa shape index (κ1) is 19.9. The van der Waals surface area contributed by atoms with Crippen molar-refractivity contribution in [2.75, 3.05) is 5.32 Å². The van der Waals surface area contributed by atoms with Gasteiger partial charge in [0.1, 0.15) is 18.1 Å². The monoisotopic (exact) mass is 462 g/mol. The Kier molecular flexibility index (Phi) is 6.01. The third-order valence-electron chi connectivity index (χ3n) is 3.92. The second-order valence-electron chi connectivity index (χ2n) is 5.91. The number of rotatable bonds is 6. The summed E-state index contributed by atoms with van der Waals surface area (Å²) in [4.78, 5) is 23.9. The fourth-order valence-corrected chi connectivity index (χ4v) is 3.25. The standard InChI is InChI=1S/C19H16BrClN4O3/c1-25-17(18(22)26)15(9-23-25)24-19(27)12-4-2-11(3-5-12)10-28-16-7-6-13(20)8-14(16)21/h2-9H,10H2,1H3,(H2,22,26)(H,24,27). The lowest BCUT2D eigenvalue weighted by molar-refractivity contribution is 0.0992. The molecule has 0 aliphatic heterocycles. The van der Waals surface area contributed by atoms with E-state index in [2.05, 4.69) is 26.3 Å². The van der Waals surface area contributed by atoms with Crippen LogP contribution in [0.3, 0.4) is 0 Å². The molecular weight excluding hydrogens is 448 g/mol. The minimum Gasteiger partial charge on any atom is -0.487 e. The normalized spacial score (nSPS) is 10.5. The molecule has 7 nitrogen and oxygen atoms in total. The van der Waals surface area contributed by atoms with Gasteiger partial charge in [-0.3, -0.25) is 14.3 Å². The number of hydrogen-bond acceptors (Lipinski definition) is 4. The highest BCUT2D eigenvalue weighted by atomic mass is 79.9. The average Bonchev–Trinajstić information content (AvgIpc) is 3.01. The van der Waals surface area contributed by atoms with Crippen molar-refractivity contribution in [2.24, 2.45) is 12.8 Å². The fourth-order valence-electron chi connectivity index (χ4n) is 2.52. The van der Waals surface area contributed by atoms with Crippen LogP contribution in [0, 0.1) is 0 Å². The van der Waals surface area contributed by atoms with Crippen molar-refractivity contribution in [2.45, 2.75) is 6.61 Å². The second-order valence-corrected chi connectivity index (χ2v) is 7.23. The van der Waals surface area contributed by atoms with Gasteiger partial charge in [-0.1, -0.05) is 39.7 Å². The van der Waals surface area contributed by atoms with Gasteiger partial charge in [-0.15, -0.1) is 0 Å². The number of aryl methyl sites for hydroxylation is 1. The summed E-state index contributed by atoms with van der Waals surface area (Å²) in [5.74, 6) is -0.476. The van der Waals surface area contributed by atoms with Crippen LogP contribution in [0.15, 0.2) is 53.1 Å². The van der Waals surface area contributed by atoms with E-state index in [0.29, 0.717) is 22.9 Å². The van der Waals surface area contributed by atoms with E-state index in [4.69, 9.17) is 22.1 Å².